The molecular formula is C31H40N6O3. The molecule has 6 rings (SSSR count). The van der Waals surface area contributed by atoms with E-state index in [1.54, 1.807) is 0 Å². The van der Waals surface area contributed by atoms with Crippen molar-refractivity contribution in [1.82, 2.24) is 20.4 Å². The summed E-state index contributed by atoms with van der Waals surface area (Å²) in [6.07, 6.45) is 2.38. The average molecular weight is 545 g/mol. The second kappa shape index (κ2) is 9.71. The van der Waals surface area contributed by atoms with E-state index in [-0.39, 0.29) is 17.8 Å². The van der Waals surface area contributed by atoms with E-state index in [9.17, 15) is 14.4 Å². The minimum atomic E-state index is -0.628. The van der Waals surface area contributed by atoms with Gasteiger partial charge in [0.15, 0.2) is 0 Å². The molecule has 4 heterocycles. The predicted molar refractivity (Wildman–Crippen MR) is 155 cm³/mol. The Hall–Kier alpha value is -3.75. The molecule has 2 aromatic carbocycles. The van der Waals surface area contributed by atoms with Crippen LogP contribution in [0.25, 0.3) is 0 Å². The van der Waals surface area contributed by atoms with Crippen molar-refractivity contribution in [2.45, 2.75) is 64.5 Å². The molecule has 9 nitrogen and oxygen atoms in total. The normalized spacial score (nSPS) is 21.8. The van der Waals surface area contributed by atoms with Gasteiger partial charge in [0, 0.05) is 37.6 Å². The number of nitrogens with zero attached hydrogens (tertiary/aromatic N) is 4. The van der Waals surface area contributed by atoms with Gasteiger partial charge in [0.25, 0.3) is 0 Å². The van der Waals surface area contributed by atoms with Crippen molar-refractivity contribution in [3.8, 4) is 0 Å². The summed E-state index contributed by atoms with van der Waals surface area (Å²) >= 11 is 0. The molecule has 4 amide bonds. The first kappa shape index (κ1) is 26.5. The molecule has 2 spiro atoms. The van der Waals surface area contributed by atoms with Crippen LogP contribution in [0.5, 0.6) is 0 Å². The summed E-state index contributed by atoms with van der Waals surface area (Å²) in [5, 5.41) is 6.12. The quantitative estimate of drug-likeness (QED) is 0.607. The Bertz CT molecular complexity index is 1210. The van der Waals surface area contributed by atoms with Crippen molar-refractivity contribution in [3.63, 3.8) is 0 Å². The van der Waals surface area contributed by atoms with Gasteiger partial charge in [-0.2, -0.15) is 0 Å². The van der Waals surface area contributed by atoms with E-state index >= 15 is 0 Å². The van der Waals surface area contributed by atoms with E-state index in [1.165, 1.54) is 22.3 Å². The van der Waals surface area contributed by atoms with Crippen LogP contribution in [0.1, 0.15) is 47.9 Å². The van der Waals surface area contributed by atoms with Gasteiger partial charge >= 0.3 is 6.03 Å². The number of benzene rings is 2. The number of aryl methyl sites for hydroxylation is 4. The number of likely N-dealkylation sites (tertiary alicyclic amines) is 2. The Balaban J connectivity index is 1.13. The van der Waals surface area contributed by atoms with Gasteiger partial charge in [0.2, 0.25) is 11.8 Å². The van der Waals surface area contributed by atoms with Crippen LogP contribution in [0.2, 0.25) is 0 Å². The highest BCUT2D eigenvalue weighted by molar-refractivity contribution is 5.95. The molecule has 2 aromatic rings. The molecule has 4 saturated heterocycles. The number of piperidine rings is 2. The Morgan fingerprint density at radius 1 is 0.600 bits per heavy atom. The third-order valence-corrected chi connectivity index (χ3v) is 9.43. The van der Waals surface area contributed by atoms with Gasteiger partial charge in [-0.1, -0.05) is 12.1 Å². The molecule has 9 heteroatoms. The number of anilines is 2. The Morgan fingerprint density at radius 3 is 1.25 bits per heavy atom. The molecular weight excluding hydrogens is 504 g/mol. The minimum absolute atomic E-state index is 0.0115. The van der Waals surface area contributed by atoms with Crippen LogP contribution in [0, 0.1) is 27.7 Å². The summed E-state index contributed by atoms with van der Waals surface area (Å²) in [6.45, 7) is 11.4. The van der Waals surface area contributed by atoms with Gasteiger partial charge in [-0.25, -0.2) is 4.79 Å². The van der Waals surface area contributed by atoms with E-state index in [2.05, 4.69) is 84.5 Å². The van der Waals surface area contributed by atoms with E-state index in [0.29, 0.717) is 65.2 Å². The van der Waals surface area contributed by atoms with Crippen molar-refractivity contribution in [2.24, 2.45) is 0 Å². The van der Waals surface area contributed by atoms with Crippen molar-refractivity contribution >= 4 is 29.2 Å². The molecule has 0 saturated carbocycles. The van der Waals surface area contributed by atoms with Crippen molar-refractivity contribution < 1.29 is 14.4 Å². The SMILES string of the molecule is Cc1cc(C)cc(N2CNC(=O)C23CCN(C(=O)N2CCC4(CC2)C(=O)NCN4c2cc(C)cc(C)c2)CC3)c1. The molecule has 0 aliphatic carbocycles. The van der Waals surface area contributed by atoms with Crippen molar-refractivity contribution in [1.29, 1.82) is 0 Å². The summed E-state index contributed by atoms with van der Waals surface area (Å²) in [4.78, 5) is 48.1. The molecule has 0 bridgehead atoms. The van der Waals surface area contributed by atoms with Crippen molar-refractivity contribution in [2.75, 3.05) is 49.3 Å². The minimum Gasteiger partial charge on any atom is -0.339 e. The Morgan fingerprint density at radius 2 is 0.925 bits per heavy atom. The highest BCUT2D eigenvalue weighted by atomic mass is 16.2. The number of nitrogens with one attached hydrogen (secondary N) is 2. The fourth-order valence-electron chi connectivity index (χ4n) is 7.40. The maximum atomic E-state index is 13.6. The number of carbonyl (C=O) groups is 3. The number of hydrogen-bond acceptors (Lipinski definition) is 5. The average Bonchev–Trinajstić information content (AvgIpc) is 3.39. The molecule has 2 N–H and O–H groups in total. The molecule has 4 fully saturated rings. The van der Waals surface area contributed by atoms with Crippen molar-refractivity contribution in [3.05, 3.63) is 58.7 Å². The second-order valence-electron chi connectivity index (χ2n) is 12.2. The van der Waals surface area contributed by atoms with Gasteiger partial charge in [-0.15, -0.1) is 0 Å². The van der Waals surface area contributed by atoms with Gasteiger partial charge in [-0.05, 0) is 99.9 Å². The zero-order valence-electron chi connectivity index (χ0n) is 24.0. The molecule has 212 valence electrons. The maximum absolute atomic E-state index is 13.6. The Labute approximate surface area is 236 Å². The van der Waals surface area contributed by atoms with E-state index in [0.717, 1.165) is 11.4 Å². The van der Waals surface area contributed by atoms with E-state index in [1.807, 2.05) is 9.80 Å². The lowest BCUT2D eigenvalue weighted by Gasteiger charge is -2.47. The first-order valence-electron chi connectivity index (χ1n) is 14.4. The number of amides is 4. The number of hydrogen-bond donors (Lipinski definition) is 2. The summed E-state index contributed by atoms with van der Waals surface area (Å²) in [5.74, 6) is 0.106. The largest absolute Gasteiger partial charge is 0.339 e. The van der Waals surface area contributed by atoms with Crippen LogP contribution >= 0.6 is 0 Å². The molecule has 0 radical (unpaired) electrons. The highest BCUT2D eigenvalue weighted by Crippen LogP contribution is 2.39. The zero-order chi connectivity index (χ0) is 28.2. The molecule has 40 heavy (non-hydrogen) atoms. The van der Waals surface area contributed by atoms with Crippen LogP contribution in [0.3, 0.4) is 0 Å². The molecule has 0 aromatic heterocycles. The lowest BCUT2D eigenvalue weighted by atomic mass is 9.84. The zero-order valence-corrected chi connectivity index (χ0v) is 24.0. The summed E-state index contributed by atoms with van der Waals surface area (Å²) in [6, 6.07) is 12.8. The summed E-state index contributed by atoms with van der Waals surface area (Å²) in [5.41, 5.74) is 5.55. The van der Waals surface area contributed by atoms with Gasteiger partial charge < -0.3 is 30.2 Å². The number of carbonyl (C=O) groups excluding carboxylic acids is 3. The predicted octanol–water partition coefficient (Wildman–Crippen LogP) is 3.20. The fraction of sp³-hybridized carbons (Fsp3) is 0.516. The monoisotopic (exact) mass is 544 g/mol. The maximum Gasteiger partial charge on any atom is 0.320 e. The molecule has 4 aliphatic heterocycles. The molecule has 0 atom stereocenters. The lowest BCUT2D eigenvalue weighted by Crippen LogP contribution is -2.61. The van der Waals surface area contributed by atoms with Crippen LogP contribution in [-0.4, -0.2) is 78.2 Å². The first-order valence-corrected chi connectivity index (χ1v) is 14.4. The Kier molecular flexibility index (Phi) is 6.43. The van der Waals surface area contributed by atoms with E-state index in [4.69, 9.17) is 0 Å². The number of rotatable bonds is 2. The third-order valence-electron chi connectivity index (χ3n) is 9.43. The van der Waals surface area contributed by atoms with Crippen LogP contribution in [-0.2, 0) is 9.59 Å². The van der Waals surface area contributed by atoms with Crippen LogP contribution in [0.15, 0.2) is 36.4 Å². The fourth-order valence-corrected chi connectivity index (χ4v) is 7.40. The smallest absolute Gasteiger partial charge is 0.320 e. The van der Waals surface area contributed by atoms with Gasteiger partial charge in [0.1, 0.15) is 11.1 Å². The highest BCUT2D eigenvalue weighted by Gasteiger charge is 2.53. The summed E-state index contributed by atoms with van der Waals surface area (Å²) in [7, 11) is 0. The molecule has 4 aliphatic rings. The topological polar surface area (TPSA) is 88.2 Å². The third kappa shape index (κ3) is 4.26. The summed E-state index contributed by atoms with van der Waals surface area (Å²) < 4.78 is 0. The lowest BCUT2D eigenvalue weighted by molar-refractivity contribution is -0.125. The first-order chi connectivity index (χ1) is 19.1. The van der Waals surface area contributed by atoms with Crippen LogP contribution in [0.4, 0.5) is 16.2 Å². The van der Waals surface area contributed by atoms with Gasteiger partial charge in [0.05, 0.1) is 13.3 Å². The standard InChI is InChI=1S/C31H40N6O3/c1-21-13-22(2)16-25(15-21)36-19-32-27(38)30(36)5-9-34(10-6-30)29(40)35-11-7-31(8-12-35)28(39)33-20-37(31)26-17-23(3)14-24(4)18-26/h13-18H,5-12,19-20H2,1-4H3,(H,32,38)(H,33,39). The van der Waals surface area contributed by atoms with E-state index < -0.39 is 11.1 Å². The molecule has 0 unspecified atom stereocenters. The number of urea groups is 1. The second-order valence-corrected chi connectivity index (χ2v) is 12.2. The van der Waals surface area contributed by atoms with Crippen LogP contribution < -0.4 is 20.4 Å². The van der Waals surface area contributed by atoms with Gasteiger partial charge in [-0.3, -0.25) is 9.59 Å².